The van der Waals surface area contributed by atoms with Gasteiger partial charge in [-0.05, 0) is 62.8 Å². The quantitative estimate of drug-likeness (QED) is 0.398. The number of thiophene rings is 2. The molecule has 0 bridgehead atoms. The minimum atomic E-state index is -0.407. The Hall–Kier alpha value is -3.81. The predicted molar refractivity (Wildman–Crippen MR) is 142 cm³/mol. The number of amides is 2. The fourth-order valence-corrected chi connectivity index (χ4v) is 6.84. The van der Waals surface area contributed by atoms with Crippen LogP contribution in [0, 0.1) is 32.1 Å². The number of anilines is 2. The lowest BCUT2D eigenvalue weighted by molar-refractivity contribution is -0.116. The number of carbonyl (C=O) groups excluding carboxylic acids is 2. The number of aromatic nitrogens is 2. The van der Waals surface area contributed by atoms with Crippen LogP contribution < -0.4 is 16.2 Å². The van der Waals surface area contributed by atoms with Crippen molar-refractivity contribution in [1.29, 1.82) is 5.26 Å². The van der Waals surface area contributed by atoms with Crippen molar-refractivity contribution in [3.05, 3.63) is 72.5 Å². The Morgan fingerprint density at radius 2 is 1.97 bits per heavy atom. The van der Waals surface area contributed by atoms with Crippen LogP contribution in [0.5, 0.6) is 0 Å². The van der Waals surface area contributed by atoms with Gasteiger partial charge in [0.05, 0.1) is 22.2 Å². The van der Waals surface area contributed by atoms with E-state index < -0.39 is 5.91 Å². The second-order valence-electron chi connectivity index (χ2n) is 8.91. The smallest absolute Gasteiger partial charge is 0.266 e. The number of rotatable bonds is 5. The molecular formula is C26H23N5O3S2. The summed E-state index contributed by atoms with van der Waals surface area (Å²) >= 11 is 2.58. The molecule has 10 heteroatoms. The van der Waals surface area contributed by atoms with Crippen molar-refractivity contribution in [3.63, 3.8) is 0 Å². The number of carbonyl (C=O) groups is 2. The van der Waals surface area contributed by atoms with Crippen LogP contribution in [0.1, 0.15) is 48.8 Å². The molecule has 2 N–H and O–H groups in total. The van der Waals surface area contributed by atoms with E-state index in [0.717, 1.165) is 52.2 Å². The largest absolute Gasteiger partial charge is 0.321 e. The molecule has 0 saturated carbocycles. The van der Waals surface area contributed by atoms with E-state index in [1.165, 1.54) is 22.2 Å². The first-order chi connectivity index (χ1) is 17.3. The van der Waals surface area contributed by atoms with Gasteiger partial charge in [-0.25, -0.2) is 4.98 Å². The van der Waals surface area contributed by atoms with Gasteiger partial charge < -0.3 is 10.6 Å². The SMILES string of the molecule is Cc1ccc(NC(=O)c2sc3ncn(CC(=O)Nc4sc5c(c4C#N)CCC5)c(=O)c3c2C)c(C)c1. The standard InChI is InChI=1S/C26H23N5O3S2/c1-13-7-8-18(14(2)9-13)29-23(33)22-15(3)21-25(36-22)28-12-31(26(21)34)11-20(32)30-24-17(10-27)16-5-4-6-19(16)35-24/h7-9,12H,4-6,11H2,1-3H3,(H,29,33)(H,30,32). The van der Waals surface area contributed by atoms with Gasteiger partial charge in [-0.1, -0.05) is 17.7 Å². The molecule has 2 amide bonds. The second kappa shape index (κ2) is 9.33. The third-order valence-corrected chi connectivity index (χ3v) is 8.76. The summed E-state index contributed by atoms with van der Waals surface area (Å²) in [4.78, 5) is 45.3. The van der Waals surface area contributed by atoms with Crippen LogP contribution in [0.2, 0.25) is 0 Å². The second-order valence-corrected chi connectivity index (χ2v) is 11.0. The highest BCUT2D eigenvalue weighted by molar-refractivity contribution is 7.20. The van der Waals surface area contributed by atoms with Crippen LogP contribution in [-0.4, -0.2) is 21.4 Å². The molecule has 3 aromatic heterocycles. The van der Waals surface area contributed by atoms with Gasteiger partial charge in [-0.2, -0.15) is 5.26 Å². The summed E-state index contributed by atoms with van der Waals surface area (Å²) in [6.07, 6.45) is 4.12. The van der Waals surface area contributed by atoms with E-state index in [4.69, 9.17) is 0 Å². The van der Waals surface area contributed by atoms with Crippen LogP contribution in [0.4, 0.5) is 10.7 Å². The molecule has 182 valence electrons. The molecule has 36 heavy (non-hydrogen) atoms. The third-order valence-electron chi connectivity index (χ3n) is 6.35. The highest BCUT2D eigenvalue weighted by Gasteiger charge is 2.24. The van der Waals surface area contributed by atoms with Crippen molar-refractivity contribution in [2.75, 3.05) is 10.6 Å². The molecule has 4 aromatic rings. The van der Waals surface area contributed by atoms with E-state index >= 15 is 0 Å². The maximum absolute atomic E-state index is 13.2. The molecule has 3 heterocycles. The molecule has 8 nitrogen and oxygen atoms in total. The summed E-state index contributed by atoms with van der Waals surface area (Å²) in [6, 6.07) is 7.97. The lowest BCUT2D eigenvalue weighted by Crippen LogP contribution is -2.28. The van der Waals surface area contributed by atoms with Gasteiger partial charge in [-0.3, -0.25) is 19.0 Å². The molecule has 0 fully saturated rings. The van der Waals surface area contributed by atoms with Gasteiger partial charge in [0.15, 0.2) is 0 Å². The average Bonchev–Trinajstić information content (AvgIpc) is 3.50. The molecule has 0 atom stereocenters. The van der Waals surface area contributed by atoms with Crippen LogP contribution in [-0.2, 0) is 24.2 Å². The first-order valence-corrected chi connectivity index (χ1v) is 13.1. The Kier molecular flexibility index (Phi) is 6.20. The molecule has 0 saturated heterocycles. The van der Waals surface area contributed by atoms with Crippen molar-refractivity contribution in [1.82, 2.24) is 9.55 Å². The molecule has 0 spiro atoms. The van der Waals surface area contributed by atoms with E-state index in [2.05, 4.69) is 21.7 Å². The molecule has 0 aliphatic heterocycles. The fourth-order valence-electron chi connectivity index (χ4n) is 4.55. The molecule has 1 aromatic carbocycles. The Morgan fingerprint density at radius 1 is 1.17 bits per heavy atom. The van der Waals surface area contributed by atoms with Gasteiger partial charge in [-0.15, -0.1) is 22.7 Å². The Bertz CT molecular complexity index is 1650. The highest BCUT2D eigenvalue weighted by Crippen LogP contribution is 2.38. The summed E-state index contributed by atoms with van der Waals surface area (Å²) in [5, 5.41) is 16.1. The van der Waals surface area contributed by atoms with E-state index in [0.29, 0.717) is 36.9 Å². The van der Waals surface area contributed by atoms with Crippen LogP contribution in [0.15, 0.2) is 29.3 Å². The zero-order valence-electron chi connectivity index (χ0n) is 20.0. The third kappa shape index (κ3) is 4.21. The summed E-state index contributed by atoms with van der Waals surface area (Å²) in [5.74, 6) is -0.712. The minimum absolute atomic E-state index is 0.241. The zero-order valence-corrected chi connectivity index (χ0v) is 21.7. The summed E-state index contributed by atoms with van der Waals surface area (Å²) in [7, 11) is 0. The molecule has 5 rings (SSSR count). The maximum Gasteiger partial charge on any atom is 0.266 e. The number of benzene rings is 1. The number of nitrogens with zero attached hydrogens (tertiary/aromatic N) is 3. The van der Waals surface area contributed by atoms with Crippen LogP contribution >= 0.6 is 22.7 Å². The summed E-state index contributed by atoms with van der Waals surface area (Å²) < 4.78 is 1.23. The number of aryl methyl sites for hydroxylation is 4. The van der Waals surface area contributed by atoms with Crippen LogP contribution in [0.25, 0.3) is 10.2 Å². The number of fused-ring (bicyclic) bond motifs is 2. The summed E-state index contributed by atoms with van der Waals surface area (Å²) in [6.45, 7) is 5.39. The van der Waals surface area contributed by atoms with Gasteiger partial charge >= 0.3 is 0 Å². The van der Waals surface area contributed by atoms with E-state index in [1.54, 1.807) is 6.92 Å². The number of hydrogen-bond donors (Lipinski definition) is 2. The predicted octanol–water partition coefficient (Wildman–Crippen LogP) is 4.70. The number of nitriles is 1. The number of hydrogen-bond acceptors (Lipinski definition) is 7. The first-order valence-electron chi connectivity index (χ1n) is 11.5. The topological polar surface area (TPSA) is 117 Å². The van der Waals surface area contributed by atoms with E-state index in [9.17, 15) is 19.6 Å². The van der Waals surface area contributed by atoms with E-state index in [-0.39, 0.29) is 18.0 Å². The number of nitrogens with one attached hydrogen (secondary N) is 2. The molecule has 0 radical (unpaired) electrons. The molecule has 0 unspecified atom stereocenters. The van der Waals surface area contributed by atoms with Gasteiger partial charge in [0.2, 0.25) is 5.91 Å². The lowest BCUT2D eigenvalue weighted by Gasteiger charge is -2.08. The minimum Gasteiger partial charge on any atom is -0.321 e. The highest BCUT2D eigenvalue weighted by atomic mass is 32.1. The van der Waals surface area contributed by atoms with Gasteiger partial charge in [0, 0.05) is 10.6 Å². The normalized spacial score (nSPS) is 12.4. The molecule has 1 aliphatic rings. The summed E-state index contributed by atoms with van der Waals surface area (Å²) in [5.41, 5.74) is 4.46. The van der Waals surface area contributed by atoms with Crippen LogP contribution in [0.3, 0.4) is 0 Å². The Morgan fingerprint density at radius 3 is 2.72 bits per heavy atom. The fraction of sp³-hybridized carbons (Fsp3) is 0.269. The van der Waals surface area contributed by atoms with Crippen molar-refractivity contribution < 1.29 is 9.59 Å². The molecular weight excluding hydrogens is 494 g/mol. The zero-order chi connectivity index (χ0) is 25.6. The van der Waals surface area contributed by atoms with Crippen molar-refractivity contribution in [2.45, 2.75) is 46.6 Å². The van der Waals surface area contributed by atoms with Crippen molar-refractivity contribution in [3.8, 4) is 6.07 Å². The monoisotopic (exact) mass is 517 g/mol. The van der Waals surface area contributed by atoms with Gasteiger partial charge in [0.25, 0.3) is 11.5 Å². The Labute approximate surface area is 215 Å². The van der Waals surface area contributed by atoms with Crippen molar-refractivity contribution >= 4 is 55.4 Å². The van der Waals surface area contributed by atoms with E-state index in [1.807, 2.05) is 32.0 Å². The maximum atomic E-state index is 13.2. The first kappa shape index (κ1) is 23.9. The molecule has 1 aliphatic carbocycles. The van der Waals surface area contributed by atoms with Gasteiger partial charge in [0.1, 0.15) is 22.4 Å². The average molecular weight is 518 g/mol. The van der Waals surface area contributed by atoms with Crippen molar-refractivity contribution in [2.24, 2.45) is 0 Å². The lowest BCUT2D eigenvalue weighted by atomic mass is 10.1. The Balaban J connectivity index is 1.38.